The maximum absolute atomic E-state index is 11.3. The molecular formula is C11H17ClN2O2. The Balaban J connectivity index is 0.00000225. The highest BCUT2D eigenvalue weighted by atomic mass is 35.5. The normalized spacial score (nSPS) is 9.38. The third-order valence-electron chi connectivity index (χ3n) is 2.08. The summed E-state index contributed by atoms with van der Waals surface area (Å²) in [7, 11) is 1.70. The third kappa shape index (κ3) is 4.08. The van der Waals surface area contributed by atoms with Crippen molar-refractivity contribution in [2.75, 3.05) is 18.9 Å². The summed E-state index contributed by atoms with van der Waals surface area (Å²) in [5.74, 6) is -0.0716. The molecule has 0 radical (unpaired) electrons. The molecule has 0 heterocycles. The van der Waals surface area contributed by atoms with Crippen molar-refractivity contribution in [1.29, 1.82) is 0 Å². The molecule has 3 N–H and O–H groups in total. The summed E-state index contributed by atoms with van der Waals surface area (Å²) < 4.78 is 0. The number of benzene rings is 1. The molecule has 0 spiro atoms. The summed E-state index contributed by atoms with van der Waals surface area (Å²) in [6.45, 7) is 2.25. The van der Waals surface area contributed by atoms with E-state index in [9.17, 15) is 9.90 Å². The Morgan fingerprint density at radius 2 is 2.12 bits per heavy atom. The minimum atomic E-state index is -0.166. The van der Waals surface area contributed by atoms with Crippen LogP contribution in [0.25, 0.3) is 0 Å². The molecule has 16 heavy (non-hydrogen) atoms. The average Bonchev–Trinajstić information content (AvgIpc) is 2.21. The van der Waals surface area contributed by atoms with Crippen molar-refractivity contribution in [1.82, 2.24) is 5.32 Å². The number of amides is 1. The molecule has 0 saturated heterocycles. The van der Waals surface area contributed by atoms with Crippen molar-refractivity contribution in [2.24, 2.45) is 0 Å². The number of hydrogen-bond acceptors (Lipinski definition) is 3. The maximum Gasteiger partial charge on any atom is 0.238 e. The summed E-state index contributed by atoms with van der Waals surface area (Å²) in [5, 5.41) is 14.9. The Morgan fingerprint density at radius 3 is 2.69 bits per heavy atom. The van der Waals surface area contributed by atoms with Crippen LogP contribution in [-0.4, -0.2) is 24.6 Å². The van der Waals surface area contributed by atoms with Crippen LogP contribution >= 0.6 is 12.4 Å². The van der Waals surface area contributed by atoms with Crippen molar-refractivity contribution >= 4 is 24.0 Å². The van der Waals surface area contributed by atoms with Crippen LogP contribution in [-0.2, 0) is 11.2 Å². The largest absolute Gasteiger partial charge is 0.506 e. The second kappa shape index (κ2) is 7.09. The van der Waals surface area contributed by atoms with E-state index in [1.54, 1.807) is 19.2 Å². The van der Waals surface area contributed by atoms with Gasteiger partial charge in [-0.15, -0.1) is 12.4 Å². The number of rotatable bonds is 4. The highest BCUT2D eigenvalue weighted by molar-refractivity contribution is 5.93. The van der Waals surface area contributed by atoms with Gasteiger partial charge in [0.25, 0.3) is 0 Å². The first kappa shape index (κ1) is 14.7. The zero-order valence-electron chi connectivity index (χ0n) is 9.41. The van der Waals surface area contributed by atoms with Gasteiger partial charge in [-0.25, -0.2) is 0 Å². The molecule has 0 bridgehead atoms. The number of phenolic OH excluding ortho intramolecular Hbond substituents is 1. The van der Waals surface area contributed by atoms with Gasteiger partial charge < -0.3 is 15.7 Å². The lowest BCUT2D eigenvalue weighted by Gasteiger charge is -2.08. The van der Waals surface area contributed by atoms with Crippen molar-refractivity contribution in [3.63, 3.8) is 0 Å². The number of aromatic hydroxyl groups is 1. The third-order valence-corrected chi connectivity index (χ3v) is 2.08. The molecule has 0 aromatic heterocycles. The van der Waals surface area contributed by atoms with Crippen LogP contribution in [0.5, 0.6) is 5.75 Å². The van der Waals surface area contributed by atoms with Gasteiger partial charge >= 0.3 is 0 Å². The highest BCUT2D eigenvalue weighted by Gasteiger charge is 2.05. The summed E-state index contributed by atoms with van der Waals surface area (Å²) in [6.07, 6.45) is 0.870. The molecular weight excluding hydrogens is 228 g/mol. The quantitative estimate of drug-likeness (QED) is 0.704. The van der Waals surface area contributed by atoms with Crippen molar-refractivity contribution in [3.05, 3.63) is 23.8 Å². The predicted molar refractivity (Wildman–Crippen MR) is 67.3 cm³/mol. The number of carbonyl (C=O) groups excluding carboxylic acids is 1. The fourth-order valence-electron chi connectivity index (χ4n) is 1.26. The summed E-state index contributed by atoms with van der Waals surface area (Å²) in [5.41, 5.74) is 1.54. The van der Waals surface area contributed by atoms with Gasteiger partial charge in [-0.2, -0.15) is 0 Å². The summed E-state index contributed by atoms with van der Waals surface area (Å²) in [4.78, 5) is 11.3. The fourth-order valence-corrected chi connectivity index (χ4v) is 1.26. The first-order valence-electron chi connectivity index (χ1n) is 4.93. The molecule has 0 aliphatic heterocycles. The van der Waals surface area contributed by atoms with Gasteiger partial charge in [-0.3, -0.25) is 4.79 Å². The number of phenols is 1. The lowest BCUT2D eigenvalue weighted by atomic mass is 10.1. The molecule has 0 atom stereocenters. The molecule has 0 saturated carbocycles. The van der Waals surface area contributed by atoms with Gasteiger partial charge in [0, 0.05) is 0 Å². The van der Waals surface area contributed by atoms with Crippen molar-refractivity contribution < 1.29 is 9.90 Å². The van der Waals surface area contributed by atoms with Crippen LogP contribution in [0.2, 0.25) is 0 Å². The second-order valence-electron chi connectivity index (χ2n) is 3.28. The first-order chi connectivity index (χ1) is 7.17. The predicted octanol–water partition coefficient (Wildman–Crippen LogP) is 1.53. The first-order valence-corrected chi connectivity index (χ1v) is 4.93. The Bertz CT molecular complexity index is 356. The molecule has 0 aliphatic carbocycles. The number of anilines is 1. The van der Waals surface area contributed by atoms with Gasteiger partial charge in [0.05, 0.1) is 12.2 Å². The number of halogens is 1. The van der Waals surface area contributed by atoms with Gasteiger partial charge in [-0.05, 0) is 31.2 Å². The Morgan fingerprint density at radius 1 is 1.44 bits per heavy atom. The number of aryl methyl sites for hydroxylation is 1. The SMILES string of the molecule is CCc1ccc(O)c(NC(=O)CNC)c1.Cl. The Hall–Kier alpha value is -1.26. The molecule has 1 aromatic rings. The van der Waals surface area contributed by atoms with E-state index in [4.69, 9.17) is 0 Å². The number of hydrogen-bond donors (Lipinski definition) is 3. The van der Waals surface area contributed by atoms with Gasteiger partial charge in [0.1, 0.15) is 5.75 Å². The fraction of sp³-hybridized carbons (Fsp3) is 0.364. The molecule has 1 rings (SSSR count). The van der Waals surface area contributed by atoms with Crippen LogP contribution in [0.15, 0.2) is 18.2 Å². The molecule has 90 valence electrons. The monoisotopic (exact) mass is 244 g/mol. The zero-order valence-corrected chi connectivity index (χ0v) is 10.2. The topological polar surface area (TPSA) is 61.4 Å². The van der Waals surface area contributed by atoms with Crippen LogP contribution in [0, 0.1) is 0 Å². The Kier molecular flexibility index (Phi) is 6.53. The lowest BCUT2D eigenvalue weighted by Crippen LogP contribution is -2.25. The molecule has 0 unspecified atom stereocenters. The van der Waals surface area contributed by atoms with Crippen molar-refractivity contribution in [3.8, 4) is 5.75 Å². The molecule has 0 aliphatic rings. The summed E-state index contributed by atoms with van der Waals surface area (Å²) >= 11 is 0. The van der Waals surface area contributed by atoms with E-state index in [-0.39, 0.29) is 30.6 Å². The van der Waals surface area contributed by atoms with E-state index in [2.05, 4.69) is 10.6 Å². The van der Waals surface area contributed by atoms with Crippen LogP contribution in [0.1, 0.15) is 12.5 Å². The van der Waals surface area contributed by atoms with E-state index in [0.717, 1.165) is 12.0 Å². The molecule has 1 amide bonds. The lowest BCUT2D eigenvalue weighted by molar-refractivity contribution is -0.115. The minimum Gasteiger partial charge on any atom is -0.506 e. The van der Waals surface area contributed by atoms with E-state index in [0.29, 0.717) is 5.69 Å². The smallest absolute Gasteiger partial charge is 0.238 e. The van der Waals surface area contributed by atoms with Gasteiger partial charge in [0.15, 0.2) is 0 Å². The van der Waals surface area contributed by atoms with E-state index >= 15 is 0 Å². The standard InChI is InChI=1S/C11H16N2O2.ClH/c1-3-8-4-5-10(14)9(6-8)13-11(15)7-12-2;/h4-6,12,14H,3,7H2,1-2H3,(H,13,15);1H. The van der Waals surface area contributed by atoms with Crippen LogP contribution in [0.4, 0.5) is 5.69 Å². The average molecular weight is 245 g/mol. The van der Waals surface area contributed by atoms with E-state index < -0.39 is 0 Å². The van der Waals surface area contributed by atoms with Gasteiger partial charge in [-0.1, -0.05) is 13.0 Å². The number of nitrogens with one attached hydrogen (secondary N) is 2. The molecule has 0 fully saturated rings. The molecule has 1 aromatic carbocycles. The van der Waals surface area contributed by atoms with Crippen LogP contribution in [0.3, 0.4) is 0 Å². The second-order valence-corrected chi connectivity index (χ2v) is 3.28. The zero-order chi connectivity index (χ0) is 11.3. The minimum absolute atomic E-state index is 0. The van der Waals surface area contributed by atoms with E-state index in [1.807, 2.05) is 13.0 Å². The highest BCUT2D eigenvalue weighted by Crippen LogP contribution is 2.24. The van der Waals surface area contributed by atoms with Crippen molar-refractivity contribution in [2.45, 2.75) is 13.3 Å². The Labute approximate surface area is 101 Å². The maximum atomic E-state index is 11.3. The number of carbonyl (C=O) groups is 1. The van der Waals surface area contributed by atoms with Crippen LogP contribution < -0.4 is 10.6 Å². The van der Waals surface area contributed by atoms with Gasteiger partial charge in [0.2, 0.25) is 5.91 Å². The van der Waals surface area contributed by atoms with E-state index in [1.165, 1.54) is 0 Å². The molecule has 4 nitrogen and oxygen atoms in total. The molecule has 5 heteroatoms. The number of likely N-dealkylation sites (N-methyl/N-ethyl adjacent to an activating group) is 1. The summed E-state index contributed by atoms with van der Waals surface area (Å²) in [6, 6.07) is 5.21.